The van der Waals surface area contributed by atoms with Crippen molar-refractivity contribution in [1.29, 1.82) is 0 Å². The van der Waals surface area contributed by atoms with Gasteiger partial charge in [-0.3, -0.25) is 0 Å². The van der Waals surface area contributed by atoms with Crippen LogP contribution in [-0.2, 0) is 0 Å². The molecule has 0 radical (unpaired) electrons. The van der Waals surface area contributed by atoms with Gasteiger partial charge in [-0.1, -0.05) is 5.43 Å². The number of hydrogen-bond donors (Lipinski definition) is 2. The molecular formula is C3H7N5O5. The van der Waals surface area contributed by atoms with Gasteiger partial charge in [0.05, 0.1) is 7.05 Å². The van der Waals surface area contributed by atoms with Crippen molar-refractivity contribution in [1.82, 2.24) is 15.8 Å². The third kappa shape index (κ3) is 5.17. The lowest BCUT2D eigenvalue weighted by molar-refractivity contribution is -0.649. The highest BCUT2D eigenvalue weighted by Gasteiger charge is 2.10. The van der Waals surface area contributed by atoms with E-state index in [0.717, 1.165) is 7.05 Å². The van der Waals surface area contributed by atoms with Crippen LogP contribution in [0.3, 0.4) is 0 Å². The van der Waals surface area contributed by atoms with Gasteiger partial charge in [0.25, 0.3) is 0 Å². The fourth-order valence-corrected chi connectivity index (χ4v) is 0.366. The second-order valence-electron chi connectivity index (χ2n) is 1.93. The summed E-state index contributed by atoms with van der Waals surface area (Å²) in [6.45, 7) is -0.424. The summed E-state index contributed by atoms with van der Waals surface area (Å²) < 4.78 is 0. The van der Waals surface area contributed by atoms with Crippen LogP contribution in [0, 0.1) is 20.2 Å². The molecule has 0 unspecified atom stereocenters. The Morgan fingerprint density at radius 2 is 2.00 bits per heavy atom. The van der Waals surface area contributed by atoms with E-state index in [0.29, 0.717) is 5.01 Å². The Hall–Kier alpha value is -2.13. The van der Waals surface area contributed by atoms with E-state index in [4.69, 9.17) is 0 Å². The van der Waals surface area contributed by atoms with Gasteiger partial charge in [0, 0.05) is 0 Å². The molecule has 2 N–H and O–H groups in total. The van der Waals surface area contributed by atoms with E-state index in [1.165, 1.54) is 5.43 Å². The van der Waals surface area contributed by atoms with Crippen LogP contribution in [-0.4, -0.2) is 34.8 Å². The Morgan fingerprint density at radius 1 is 1.46 bits per heavy atom. The van der Waals surface area contributed by atoms with E-state index >= 15 is 0 Å². The maximum atomic E-state index is 10.5. The largest absolute Gasteiger partial charge is 0.374 e. The molecule has 0 saturated carbocycles. The third-order valence-corrected chi connectivity index (χ3v) is 0.940. The highest BCUT2D eigenvalue weighted by atomic mass is 16.7. The number of carbonyl (C=O) groups excluding carboxylic acids is 1. The quantitative estimate of drug-likeness (QED) is 0.319. The Kier molecular flexibility index (Phi) is 3.92. The van der Waals surface area contributed by atoms with Crippen molar-refractivity contribution < 1.29 is 14.9 Å². The molecule has 0 aromatic rings. The zero-order valence-electron chi connectivity index (χ0n) is 6.59. The highest BCUT2D eigenvalue weighted by molar-refractivity contribution is 5.72. The molecule has 2 amide bonds. The summed E-state index contributed by atoms with van der Waals surface area (Å²) in [4.78, 5) is 30.1. The monoisotopic (exact) mass is 193 g/mol. The van der Waals surface area contributed by atoms with Crippen molar-refractivity contribution >= 4 is 6.03 Å². The molecule has 10 nitrogen and oxygen atoms in total. The average Bonchev–Trinajstić information content (AvgIpc) is 1.98. The van der Waals surface area contributed by atoms with Gasteiger partial charge in [-0.15, -0.1) is 5.01 Å². The lowest BCUT2D eigenvalue weighted by Crippen LogP contribution is -2.44. The Balaban J connectivity index is 3.70. The van der Waals surface area contributed by atoms with Crippen molar-refractivity contribution in [2.24, 2.45) is 0 Å². The summed E-state index contributed by atoms with van der Waals surface area (Å²) in [6.07, 6.45) is 0. The first-order valence-corrected chi connectivity index (χ1v) is 2.98. The van der Waals surface area contributed by atoms with E-state index in [2.05, 4.69) is 0 Å². The topological polar surface area (TPSA) is 131 Å². The van der Waals surface area contributed by atoms with Crippen LogP contribution >= 0.6 is 0 Å². The van der Waals surface area contributed by atoms with Crippen LogP contribution in [0.25, 0.3) is 0 Å². The number of urea groups is 1. The smallest absolute Gasteiger partial charge is 0.311 e. The number of hydrogen-bond acceptors (Lipinski definition) is 5. The summed E-state index contributed by atoms with van der Waals surface area (Å²) in [5, 5.41) is 20.2. The maximum Gasteiger partial charge on any atom is 0.374 e. The Labute approximate surface area is 71.7 Å². The molecule has 0 aromatic carbocycles. The van der Waals surface area contributed by atoms with Crippen molar-refractivity contribution in [2.45, 2.75) is 0 Å². The highest BCUT2D eigenvalue weighted by Crippen LogP contribution is 1.77. The zero-order chi connectivity index (χ0) is 10.4. The number of hydrazine groups is 2. The number of amides is 2. The predicted octanol–water partition coefficient (Wildman–Crippen LogP) is -1.44. The van der Waals surface area contributed by atoms with Gasteiger partial charge < -0.3 is 5.32 Å². The molecule has 0 aliphatic carbocycles. The molecular weight excluding hydrogens is 186 g/mol. The van der Waals surface area contributed by atoms with E-state index in [9.17, 15) is 25.0 Å². The molecule has 0 aliphatic heterocycles. The zero-order valence-corrected chi connectivity index (χ0v) is 6.59. The molecule has 0 spiro atoms. The van der Waals surface area contributed by atoms with Gasteiger partial charge in [-0.05, 0) is 0 Å². The summed E-state index contributed by atoms with van der Waals surface area (Å²) in [5.41, 5.74) is 1.26. The van der Waals surface area contributed by atoms with E-state index in [1.807, 2.05) is 5.32 Å². The van der Waals surface area contributed by atoms with Crippen molar-refractivity contribution in [3.05, 3.63) is 20.2 Å². The van der Waals surface area contributed by atoms with Gasteiger partial charge in [0.15, 0.2) is 16.7 Å². The van der Waals surface area contributed by atoms with Crippen LogP contribution < -0.4 is 10.7 Å². The van der Waals surface area contributed by atoms with Crippen molar-refractivity contribution in [2.75, 3.05) is 13.7 Å². The predicted molar refractivity (Wildman–Crippen MR) is 38.3 cm³/mol. The Bertz CT molecular complexity index is 228. The summed E-state index contributed by atoms with van der Waals surface area (Å²) >= 11 is 0. The van der Waals surface area contributed by atoms with Crippen LogP contribution in [0.5, 0.6) is 0 Å². The van der Waals surface area contributed by atoms with Gasteiger partial charge >= 0.3 is 6.03 Å². The molecule has 10 heteroatoms. The maximum absolute atomic E-state index is 10.5. The lowest BCUT2D eigenvalue weighted by Gasteiger charge is -2.07. The molecule has 0 heterocycles. The van der Waals surface area contributed by atoms with E-state index in [-0.39, 0.29) is 0 Å². The molecule has 0 aromatic heterocycles. The molecule has 0 bridgehead atoms. The number of nitrogens with zero attached hydrogens (tertiary/aromatic N) is 3. The normalized spacial score (nSPS) is 8.69. The van der Waals surface area contributed by atoms with Gasteiger partial charge in [-0.2, -0.15) is 0 Å². The van der Waals surface area contributed by atoms with Gasteiger partial charge in [0.2, 0.25) is 0 Å². The summed E-state index contributed by atoms with van der Waals surface area (Å²) in [6, 6.07) is -1.11. The first-order chi connectivity index (χ1) is 5.93. The van der Waals surface area contributed by atoms with Crippen molar-refractivity contribution in [3.63, 3.8) is 0 Å². The SMILES string of the molecule is CN(CNC(=O)N[N+](=O)[O-])[N+](=O)[O-]. The van der Waals surface area contributed by atoms with Gasteiger partial charge in [0.1, 0.15) is 0 Å². The molecule has 0 rings (SSSR count). The third-order valence-electron chi connectivity index (χ3n) is 0.940. The summed E-state index contributed by atoms with van der Waals surface area (Å²) in [5.74, 6) is 0. The molecule has 0 saturated heterocycles. The average molecular weight is 193 g/mol. The fraction of sp³-hybridized carbons (Fsp3) is 0.667. The van der Waals surface area contributed by atoms with Crippen LogP contribution in [0.1, 0.15) is 0 Å². The first kappa shape index (κ1) is 10.9. The van der Waals surface area contributed by atoms with Crippen molar-refractivity contribution in [3.8, 4) is 0 Å². The van der Waals surface area contributed by atoms with Gasteiger partial charge in [-0.25, -0.2) is 25.0 Å². The molecule has 13 heavy (non-hydrogen) atoms. The van der Waals surface area contributed by atoms with Crippen LogP contribution in [0.15, 0.2) is 0 Å². The fourth-order valence-electron chi connectivity index (χ4n) is 0.366. The second kappa shape index (κ2) is 4.69. The number of rotatable bonds is 4. The Morgan fingerprint density at radius 3 is 2.38 bits per heavy atom. The molecule has 0 atom stereocenters. The number of nitrogens with one attached hydrogen (secondary N) is 2. The molecule has 74 valence electrons. The van der Waals surface area contributed by atoms with E-state index < -0.39 is 22.8 Å². The minimum atomic E-state index is -1.11. The molecule has 0 aliphatic rings. The lowest BCUT2D eigenvalue weighted by atomic mass is 10.9. The standard InChI is InChI=1S/C3H7N5O5/c1-6(8(12)13)2-4-3(9)5-7(10)11/h2H2,1H3,(H2,4,5,9). The molecule has 0 fully saturated rings. The summed E-state index contributed by atoms with van der Waals surface area (Å²) in [7, 11) is 1.10. The first-order valence-electron chi connectivity index (χ1n) is 2.98. The minimum Gasteiger partial charge on any atom is -0.311 e. The van der Waals surface area contributed by atoms with Crippen LogP contribution in [0.2, 0.25) is 0 Å². The number of nitro groups is 2. The van der Waals surface area contributed by atoms with Crippen LogP contribution in [0.4, 0.5) is 4.79 Å². The minimum absolute atomic E-state index is 0.424. The van der Waals surface area contributed by atoms with E-state index in [1.54, 1.807) is 0 Å². The second-order valence-corrected chi connectivity index (χ2v) is 1.93. The number of carbonyl (C=O) groups is 1.